The van der Waals surface area contributed by atoms with E-state index in [1.807, 2.05) is 0 Å². The maximum absolute atomic E-state index is 12.6. The second kappa shape index (κ2) is 7.12. The molecular weight excluding hydrogens is 321 g/mol. The summed E-state index contributed by atoms with van der Waals surface area (Å²) in [6, 6.07) is 10.6. The van der Waals surface area contributed by atoms with Crippen molar-refractivity contribution in [3.63, 3.8) is 0 Å². The molecule has 0 bridgehead atoms. The van der Waals surface area contributed by atoms with Crippen LogP contribution in [0.4, 0.5) is 13.2 Å². The predicted octanol–water partition coefficient (Wildman–Crippen LogP) is 4.53. The number of halogens is 3. The zero-order valence-corrected chi connectivity index (χ0v) is 12.6. The Morgan fingerprint density at radius 3 is 2.29 bits per heavy atom. The van der Waals surface area contributed by atoms with Crippen LogP contribution in [-0.2, 0) is 11.0 Å². The van der Waals surface area contributed by atoms with Gasteiger partial charge in [-0.15, -0.1) is 0 Å². The van der Waals surface area contributed by atoms with Gasteiger partial charge in [-0.25, -0.2) is 4.79 Å². The van der Waals surface area contributed by atoms with Gasteiger partial charge in [0, 0.05) is 11.6 Å². The molecule has 2 aromatic carbocycles. The molecule has 0 saturated carbocycles. The summed E-state index contributed by atoms with van der Waals surface area (Å²) in [5.74, 6) is -0.612. The number of hydrogen-bond donors (Lipinski definition) is 0. The van der Waals surface area contributed by atoms with E-state index >= 15 is 0 Å². The Morgan fingerprint density at radius 1 is 1.04 bits per heavy atom. The van der Waals surface area contributed by atoms with Crippen molar-refractivity contribution in [2.24, 2.45) is 0 Å². The third kappa shape index (κ3) is 4.81. The van der Waals surface area contributed by atoms with Crippen molar-refractivity contribution in [2.45, 2.75) is 13.1 Å². The molecule has 0 aliphatic heterocycles. The quantitative estimate of drug-likeness (QED) is 0.357. The normalized spacial score (nSPS) is 11.5. The van der Waals surface area contributed by atoms with Gasteiger partial charge in [-0.2, -0.15) is 13.2 Å². The number of esters is 1. The molecule has 0 amide bonds. The molecule has 24 heavy (non-hydrogen) atoms. The van der Waals surface area contributed by atoms with Crippen LogP contribution < -0.4 is 4.74 Å². The minimum atomic E-state index is -4.44. The Labute approximate surface area is 136 Å². The number of carbonyl (C=O) groups is 2. The highest BCUT2D eigenvalue weighted by Crippen LogP contribution is 2.29. The van der Waals surface area contributed by atoms with Crippen molar-refractivity contribution < 1.29 is 27.5 Å². The lowest BCUT2D eigenvalue weighted by molar-refractivity contribution is -0.137. The summed E-state index contributed by atoms with van der Waals surface area (Å²) < 4.78 is 42.8. The number of hydrogen-bond acceptors (Lipinski definition) is 3. The van der Waals surface area contributed by atoms with Gasteiger partial charge in [0.25, 0.3) is 0 Å². The summed E-state index contributed by atoms with van der Waals surface area (Å²) in [6.45, 7) is 1.42. The Morgan fingerprint density at radius 2 is 1.71 bits per heavy atom. The largest absolute Gasteiger partial charge is 0.423 e. The van der Waals surface area contributed by atoms with Crippen molar-refractivity contribution in [1.29, 1.82) is 0 Å². The Balaban J connectivity index is 2.04. The monoisotopic (exact) mass is 334 g/mol. The molecule has 0 heterocycles. The maximum Gasteiger partial charge on any atom is 0.416 e. The molecule has 0 aromatic heterocycles. The van der Waals surface area contributed by atoms with Crippen molar-refractivity contribution in [3.8, 4) is 5.75 Å². The molecule has 0 fully saturated rings. The molecule has 0 saturated heterocycles. The van der Waals surface area contributed by atoms with Gasteiger partial charge in [-0.3, -0.25) is 4.79 Å². The lowest BCUT2D eigenvalue weighted by atomic mass is 10.1. The molecule has 0 atom stereocenters. The van der Waals surface area contributed by atoms with E-state index in [1.54, 1.807) is 0 Å². The average Bonchev–Trinajstić information content (AvgIpc) is 2.53. The van der Waals surface area contributed by atoms with Crippen LogP contribution in [0.25, 0.3) is 6.08 Å². The van der Waals surface area contributed by atoms with Gasteiger partial charge in [-0.05, 0) is 55.0 Å². The van der Waals surface area contributed by atoms with Crippen molar-refractivity contribution >= 4 is 17.8 Å². The minimum absolute atomic E-state index is 0.114. The number of ketones is 1. The maximum atomic E-state index is 12.6. The first-order valence-corrected chi connectivity index (χ1v) is 6.94. The molecule has 0 unspecified atom stereocenters. The van der Waals surface area contributed by atoms with Crippen LogP contribution in [0, 0.1) is 0 Å². The Hall–Kier alpha value is -2.89. The summed E-state index contributed by atoms with van der Waals surface area (Å²) >= 11 is 0. The molecule has 0 aliphatic carbocycles. The van der Waals surface area contributed by atoms with Crippen LogP contribution in [0.3, 0.4) is 0 Å². The number of Topliss-reactive ketones (excluding diaryl/α,β-unsaturated/α-hetero) is 1. The summed E-state index contributed by atoms with van der Waals surface area (Å²) in [5.41, 5.74) is -0.0825. The highest BCUT2D eigenvalue weighted by molar-refractivity contribution is 5.94. The van der Waals surface area contributed by atoms with E-state index in [1.165, 1.54) is 49.4 Å². The van der Waals surface area contributed by atoms with E-state index < -0.39 is 17.7 Å². The van der Waals surface area contributed by atoms with E-state index in [0.29, 0.717) is 5.56 Å². The van der Waals surface area contributed by atoms with E-state index in [9.17, 15) is 22.8 Å². The van der Waals surface area contributed by atoms with E-state index in [-0.39, 0.29) is 17.1 Å². The molecule has 2 rings (SSSR count). The van der Waals surface area contributed by atoms with Crippen molar-refractivity contribution in [3.05, 3.63) is 71.3 Å². The average molecular weight is 334 g/mol. The third-order valence-electron chi connectivity index (χ3n) is 3.11. The van der Waals surface area contributed by atoms with Crippen LogP contribution >= 0.6 is 0 Å². The van der Waals surface area contributed by atoms with Crippen LogP contribution in [-0.4, -0.2) is 11.8 Å². The van der Waals surface area contributed by atoms with E-state index in [0.717, 1.165) is 18.2 Å². The standard InChI is InChI=1S/C18H13F3O3/c1-12(22)14-6-8-16(9-7-14)24-17(23)10-5-13-3-2-4-15(11-13)18(19,20)21/h2-11H,1H3. The van der Waals surface area contributed by atoms with E-state index in [4.69, 9.17) is 4.74 Å². The van der Waals surface area contributed by atoms with Crippen LogP contribution in [0.5, 0.6) is 5.75 Å². The summed E-state index contributed by atoms with van der Waals surface area (Å²) in [7, 11) is 0. The molecule has 0 aliphatic rings. The fraction of sp³-hybridized carbons (Fsp3) is 0.111. The number of carbonyl (C=O) groups excluding carboxylic acids is 2. The second-order valence-electron chi connectivity index (χ2n) is 4.96. The van der Waals surface area contributed by atoms with Crippen molar-refractivity contribution in [1.82, 2.24) is 0 Å². The fourth-order valence-corrected chi connectivity index (χ4v) is 1.89. The van der Waals surface area contributed by atoms with Crippen LogP contribution in [0.1, 0.15) is 28.4 Å². The summed E-state index contributed by atoms with van der Waals surface area (Å²) in [4.78, 5) is 22.8. The van der Waals surface area contributed by atoms with Gasteiger partial charge in [-0.1, -0.05) is 12.1 Å². The molecule has 0 spiro atoms. The van der Waals surface area contributed by atoms with Crippen LogP contribution in [0.2, 0.25) is 0 Å². The molecule has 2 aromatic rings. The minimum Gasteiger partial charge on any atom is -0.423 e. The van der Waals surface area contributed by atoms with Gasteiger partial charge in [0.2, 0.25) is 0 Å². The zero-order valence-electron chi connectivity index (χ0n) is 12.6. The van der Waals surface area contributed by atoms with Crippen LogP contribution in [0.15, 0.2) is 54.6 Å². The number of benzene rings is 2. The lowest BCUT2D eigenvalue weighted by Crippen LogP contribution is -2.05. The van der Waals surface area contributed by atoms with Gasteiger partial charge in [0.15, 0.2) is 5.78 Å². The highest BCUT2D eigenvalue weighted by atomic mass is 19.4. The molecule has 6 heteroatoms. The second-order valence-corrected chi connectivity index (χ2v) is 4.96. The third-order valence-corrected chi connectivity index (χ3v) is 3.11. The summed E-state index contributed by atoms with van der Waals surface area (Å²) in [6.07, 6.45) is -2.17. The van der Waals surface area contributed by atoms with E-state index in [2.05, 4.69) is 0 Å². The number of rotatable bonds is 4. The highest BCUT2D eigenvalue weighted by Gasteiger charge is 2.30. The first-order valence-electron chi connectivity index (χ1n) is 6.94. The molecule has 0 N–H and O–H groups in total. The van der Waals surface area contributed by atoms with Gasteiger partial charge in [0.05, 0.1) is 5.56 Å². The number of alkyl halides is 3. The Bertz CT molecular complexity index is 775. The summed E-state index contributed by atoms with van der Waals surface area (Å²) in [5, 5.41) is 0. The lowest BCUT2D eigenvalue weighted by Gasteiger charge is -2.06. The van der Waals surface area contributed by atoms with Gasteiger partial charge in [0.1, 0.15) is 5.75 Å². The van der Waals surface area contributed by atoms with Gasteiger partial charge < -0.3 is 4.74 Å². The topological polar surface area (TPSA) is 43.4 Å². The predicted molar refractivity (Wildman–Crippen MR) is 82.6 cm³/mol. The molecule has 3 nitrogen and oxygen atoms in total. The Kier molecular flexibility index (Phi) is 5.18. The molecular formula is C18H13F3O3. The smallest absolute Gasteiger partial charge is 0.416 e. The first-order chi connectivity index (χ1) is 11.3. The molecule has 0 radical (unpaired) electrons. The SMILES string of the molecule is CC(=O)c1ccc(OC(=O)C=Cc2cccc(C(F)(F)F)c2)cc1. The first kappa shape index (κ1) is 17.5. The fourth-order valence-electron chi connectivity index (χ4n) is 1.89. The molecule has 124 valence electrons. The number of ether oxygens (including phenoxy) is 1. The van der Waals surface area contributed by atoms with Gasteiger partial charge >= 0.3 is 12.1 Å². The zero-order chi connectivity index (χ0) is 17.7. The van der Waals surface area contributed by atoms with Crippen molar-refractivity contribution in [2.75, 3.05) is 0 Å².